The number of anilines is 3. The number of carbonyl (C=O) groups excluding carboxylic acids is 1. The Hall–Kier alpha value is -4.27. The van der Waals surface area contributed by atoms with Crippen molar-refractivity contribution < 1.29 is 19.1 Å². The lowest BCUT2D eigenvalue weighted by Crippen LogP contribution is -2.45. The highest BCUT2D eigenvalue weighted by atomic mass is 16.6. The molecule has 2 aromatic carbocycles. The van der Waals surface area contributed by atoms with Gasteiger partial charge in [-0.25, -0.2) is 0 Å². The van der Waals surface area contributed by atoms with E-state index in [1.165, 1.54) is 19.5 Å². The van der Waals surface area contributed by atoms with E-state index in [9.17, 15) is 4.79 Å². The Morgan fingerprint density at radius 2 is 1.86 bits per heavy atom. The Morgan fingerprint density at radius 1 is 1.14 bits per heavy atom. The largest absolute Gasteiger partial charge is 0.489 e. The van der Waals surface area contributed by atoms with Gasteiger partial charge in [-0.15, -0.1) is 0 Å². The molecule has 3 aromatic rings. The van der Waals surface area contributed by atoms with Crippen molar-refractivity contribution in [3.05, 3.63) is 70.5 Å². The number of hydrogen-bond donors (Lipinski definition) is 3. The Labute approximate surface area is 210 Å². The maximum Gasteiger partial charge on any atom is 0.259 e. The molecular formula is C27H31N5O4. The molecule has 1 aliphatic rings. The summed E-state index contributed by atoms with van der Waals surface area (Å²) in [5.41, 5.74) is 18.1. The quantitative estimate of drug-likeness (QED) is 0.345. The van der Waals surface area contributed by atoms with Crippen LogP contribution in [-0.2, 0) is 4.84 Å². The Kier molecular flexibility index (Phi) is 6.74. The molecule has 0 saturated carbocycles. The topological polar surface area (TPSA) is 134 Å². The predicted molar refractivity (Wildman–Crippen MR) is 141 cm³/mol. The number of rotatable bonds is 6. The summed E-state index contributed by atoms with van der Waals surface area (Å²) in [6, 6.07) is 8.67. The van der Waals surface area contributed by atoms with E-state index in [1.54, 1.807) is 30.3 Å². The first kappa shape index (κ1) is 24.8. The molecule has 0 bridgehead atoms. The average molecular weight is 490 g/mol. The van der Waals surface area contributed by atoms with Gasteiger partial charge in [0.15, 0.2) is 0 Å². The second-order valence-corrected chi connectivity index (χ2v) is 9.17. The van der Waals surface area contributed by atoms with Crippen LogP contribution >= 0.6 is 0 Å². The summed E-state index contributed by atoms with van der Waals surface area (Å²) in [7, 11) is 1.53. The fraction of sp³-hybridized carbons (Fsp3) is 0.296. The zero-order valence-electron chi connectivity index (χ0n) is 21.1. The first-order valence-corrected chi connectivity index (χ1v) is 11.6. The first-order chi connectivity index (χ1) is 17.1. The normalized spacial score (nSPS) is 17.8. The fourth-order valence-corrected chi connectivity index (χ4v) is 4.28. The number of hydrogen-bond acceptors (Lipinski definition) is 8. The predicted octanol–water partition coefficient (Wildman–Crippen LogP) is 4.39. The summed E-state index contributed by atoms with van der Waals surface area (Å²) < 4.78 is 12.6. The van der Waals surface area contributed by atoms with E-state index in [1.807, 2.05) is 27.7 Å². The zero-order chi connectivity index (χ0) is 26.0. The maximum atomic E-state index is 12.5. The van der Waals surface area contributed by atoms with Crippen LogP contribution in [0.4, 0.5) is 17.1 Å². The summed E-state index contributed by atoms with van der Waals surface area (Å²) in [6.07, 6.45) is 3.46. The summed E-state index contributed by atoms with van der Waals surface area (Å²) in [5, 5.41) is 7.10. The van der Waals surface area contributed by atoms with Crippen LogP contribution in [-0.4, -0.2) is 35.9 Å². The second kappa shape index (κ2) is 9.77. The number of oxime groups is 1. The fourth-order valence-electron chi connectivity index (χ4n) is 4.28. The van der Waals surface area contributed by atoms with Crippen molar-refractivity contribution in [2.75, 3.05) is 30.5 Å². The van der Waals surface area contributed by atoms with Gasteiger partial charge in [-0.3, -0.25) is 9.78 Å². The minimum absolute atomic E-state index is 0.273. The molecule has 4 rings (SSSR count). The zero-order valence-corrected chi connectivity index (χ0v) is 21.1. The number of nitrogens with zero attached hydrogens (tertiary/aromatic N) is 2. The van der Waals surface area contributed by atoms with E-state index >= 15 is 0 Å². The maximum absolute atomic E-state index is 12.5. The number of fused-ring (bicyclic) bond motifs is 1. The van der Waals surface area contributed by atoms with Crippen molar-refractivity contribution in [3.8, 4) is 11.5 Å². The molecule has 9 nitrogen and oxygen atoms in total. The third-order valence-electron chi connectivity index (χ3n) is 6.45. The van der Waals surface area contributed by atoms with E-state index in [4.69, 9.17) is 25.8 Å². The van der Waals surface area contributed by atoms with Gasteiger partial charge in [0.1, 0.15) is 30.8 Å². The minimum atomic E-state index is -0.686. The Balaban J connectivity index is 1.49. The lowest BCUT2D eigenvalue weighted by Gasteiger charge is -2.38. The van der Waals surface area contributed by atoms with E-state index in [0.29, 0.717) is 29.1 Å². The van der Waals surface area contributed by atoms with Crippen LogP contribution in [0.3, 0.4) is 0 Å². The molecule has 1 aliphatic heterocycles. The van der Waals surface area contributed by atoms with Crippen LogP contribution in [0.5, 0.6) is 11.5 Å². The van der Waals surface area contributed by atoms with Crippen molar-refractivity contribution in [3.63, 3.8) is 0 Å². The molecule has 1 amide bonds. The second-order valence-electron chi connectivity index (χ2n) is 9.17. The number of nitrogens with one attached hydrogen (secondary N) is 1. The monoisotopic (exact) mass is 489 g/mol. The number of nitrogen functional groups attached to an aromatic ring is 2. The van der Waals surface area contributed by atoms with Crippen molar-refractivity contribution in [1.82, 2.24) is 4.98 Å². The molecule has 0 saturated heterocycles. The van der Waals surface area contributed by atoms with Gasteiger partial charge in [0.05, 0.1) is 11.3 Å². The summed E-state index contributed by atoms with van der Waals surface area (Å²) in [4.78, 5) is 21.6. The van der Waals surface area contributed by atoms with Crippen LogP contribution in [0.1, 0.15) is 46.0 Å². The van der Waals surface area contributed by atoms with Gasteiger partial charge in [0.25, 0.3) is 5.91 Å². The first-order valence-electron chi connectivity index (χ1n) is 11.6. The third kappa shape index (κ3) is 4.77. The Bertz CT molecular complexity index is 1340. The molecule has 1 atom stereocenters. The van der Waals surface area contributed by atoms with E-state index in [0.717, 1.165) is 39.4 Å². The van der Waals surface area contributed by atoms with Gasteiger partial charge in [-0.05, 0) is 74.7 Å². The summed E-state index contributed by atoms with van der Waals surface area (Å²) in [5.74, 6) is 1.05. The van der Waals surface area contributed by atoms with Gasteiger partial charge in [0.2, 0.25) is 0 Å². The summed E-state index contributed by atoms with van der Waals surface area (Å²) >= 11 is 0. The van der Waals surface area contributed by atoms with Crippen LogP contribution in [0, 0.1) is 20.8 Å². The van der Waals surface area contributed by atoms with E-state index in [-0.39, 0.29) is 12.5 Å². The summed E-state index contributed by atoms with van der Waals surface area (Å²) in [6.45, 7) is 8.20. The molecular weight excluding hydrogens is 458 g/mol. The number of carbonyl (C=O) groups is 1. The average Bonchev–Trinajstić information content (AvgIpc) is 2.86. The lowest BCUT2D eigenvalue weighted by molar-refractivity contribution is 0.0353. The molecule has 1 unspecified atom stereocenters. The van der Waals surface area contributed by atoms with Gasteiger partial charge in [-0.2, -0.15) is 0 Å². The van der Waals surface area contributed by atoms with Gasteiger partial charge >= 0.3 is 0 Å². The van der Waals surface area contributed by atoms with E-state index < -0.39 is 5.60 Å². The highest BCUT2D eigenvalue weighted by molar-refractivity contribution is 6.08. The smallest absolute Gasteiger partial charge is 0.259 e. The number of nitrogens with two attached hydrogens (primary N) is 2. The SMILES string of the molecule is CON=C1CC(C)(COc2ccc(NC(=O)c3cnccc3N)cc2)Oc2c(C)c(C)c(N)c(C)c21. The van der Waals surface area contributed by atoms with Gasteiger partial charge in [-0.1, -0.05) is 5.16 Å². The standard InChI is InChI=1S/C27H31N5O4/c1-15-16(2)25-23(17(3)24(15)29)22(32-34-5)12-27(4,36-25)14-35-19-8-6-18(7-9-19)31-26(33)20-13-30-11-10-21(20)28/h6-11,13H,12,14,29H2,1-5H3,(H2,28,30)(H,31,33). The molecule has 36 heavy (non-hydrogen) atoms. The van der Waals surface area contributed by atoms with Crippen LogP contribution in [0.25, 0.3) is 0 Å². The van der Waals surface area contributed by atoms with Crippen molar-refractivity contribution in [1.29, 1.82) is 0 Å². The van der Waals surface area contributed by atoms with Crippen molar-refractivity contribution in [2.45, 2.75) is 39.7 Å². The molecule has 0 radical (unpaired) electrons. The van der Waals surface area contributed by atoms with Gasteiger partial charge < -0.3 is 31.1 Å². The number of benzene rings is 2. The highest BCUT2D eigenvalue weighted by Crippen LogP contribution is 2.42. The molecule has 5 N–H and O–H groups in total. The number of amides is 1. The highest BCUT2D eigenvalue weighted by Gasteiger charge is 2.39. The van der Waals surface area contributed by atoms with Gasteiger partial charge in [0, 0.05) is 41.4 Å². The molecule has 0 spiro atoms. The van der Waals surface area contributed by atoms with Crippen molar-refractivity contribution in [2.24, 2.45) is 5.16 Å². The molecule has 0 fully saturated rings. The molecule has 188 valence electrons. The Morgan fingerprint density at radius 3 is 2.53 bits per heavy atom. The number of aromatic nitrogens is 1. The molecule has 0 aliphatic carbocycles. The third-order valence-corrected chi connectivity index (χ3v) is 6.45. The minimum Gasteiger partial charge on any atom is -0.489 e. The molecule has 2 heterocycles. The number of pyridine rings is 1. The van der Waals surface area contributed by atoms with E-state index in [2.05, 4.69) is 15.5 Å². The molecule has 9 heteroatoms. The van der Waals surface area contributed by atoms with Crippen LogP contribution < -0.4 is 26.3 Å². The van der Waals surface area contributed by atoms with Crippen LogP contribution in [0.15, 0.2) is 47.9 Å². The number of ether oxygens (including phenoxy) is 2. The van der Waals surface area contributed by atoms with Crippen molar-refractivity contribution >= 4 is 28.7 Å². The molecule has 1 aromatic heterocycles. The van der Waals surface area contributed by atoms with Crippen LogP contribution in [0.2, 0.25) is 0 Å². The lowest BCUT2D eigenvalue weighted by atomic mass is 9.85.